The Morgan fingerprint density at radius 1 is 1.10 bits per heavy atom. The van der Waals surface area contributed by atoms with Gasteiger partial charge in [0.2, 0.25) is 17.7 Å². The molecule has 3 heterocycles. The number of piperidine rings is 1. The number of carbonyl (C=O) groups excluding carboxylic acids is 3. The fourth-order valence-corrected chi connectivity index (χ4v) is 5.49. The first kappa shape index (κ1) is 29.9. The summed E-state index contributed by atoms with van der Waals surface area (Å²) in [7, 11) is 0. The molecule has 0 unspecified atom stereocenters. The van der Waals surface area contributed by atoms with Crippen LogP contribution in [-0.2, 0) is 32.1 Å². The molecule has 0 radical (unpaired) electrons. The molecule has 3 aliphatic heterocycles. The van der Waals surface area contributed by atoms with E-state index in [1.807, 2.05) is 55.5 Å². The number of nitrogens with zero attached hydrogens (tertiary/aromatic N) is 2. The highest BCUT2D eigenvalue weighted by Crippen LogP contribution is 2.25. The third-order valence-electron chi connectivity index (χ3n) is 7.10. The lowest BCUT2D eigenvalue weighted by atomic mass is 10.0. The number of carbonyl (C=O) groups is 3. The van der Waals surface area contributed by atoms with Crippen LogP contribution >= 0.6 is 11.8 Å². The van der Waals surface area contributed by atoms with E-state index in [2.05, 4.69) is 5.32 Å². The molecule has 0 spiro atoms. The Morgan fingerprint density at radius 2 is 1.93 bits per heavy atom. The van der Waals surface area contributed by atoms with Gasteiger partial charge in [0.05, 0.1) is 31.1 Å². The Kier molecular flexibility index (Phi) is 11.3. The molecule has 216 valence electrons. The number of likely N-dealkylation sites (tertiary alicyclic amines) is 1. The van der Waals surface area contributed by atoms with Crippen LogP contribution in [0.4, 0.5) is 0 Å². The molecule has 9 nitrogen and oxygen atoms in total. The Labute approximate surface area is 240 Å². The van der Waals surface area contributed by atoms with Crippen LogP contribution < -0.4 is 10.1 Å². The second-order valence-electron chi connectivity index (χ2n) is 10.1. The van der Waals surface area contributed by atoms with Crippen molar-refractivity contribution in [3.05, 3.63) is 59.7 Å². The summed E-state index contributed by atoms with van der Waals surface area (Å²) in [5, 5.41) is 12.4. The molecule has 5 rings (SSSR count). The van der Waals surface area contributed by atoms with Gasteiger partial charge in [-0.15, -0.1) is 0 Å². The zero-order valence-electron chi connectivity index (χ0n) is 23.0. The fraction of sp³-hybridized carbons (Fsp3) is 0.500. The van der Waals surface area contributed by atoms with Gasteiger partial charge in [-0.2, -0.15) is 11.8 Å². The van der Waals surface area contributed by atoms with Gasteiger partial charge in [-0.3, -0.25) is 14.4 Å². The molecule has 40 heavy (non-hydrogen) atoms. The van der Waals surface area contributed by atoms with E-state index in [1.165, 1.54) is 4.90 Å². The van der Waals surface area contributed by atoms with E-state index in [-0.39, 0.29) is 49.9 Å². The van der Waals surface area contributed by atoms with Crippen molar-refractivity contribution in [3.63, 3.8) is 0 Å². The lowest BCUT2D eigenvalue weighted by Gasteiger charge is -2.39. The van der Waals surface area contributed by atoms with Gasteiger partial charge in [-0.05, 0) is 60.4 Å². The number of aryl methyl sites for hydroxylation is 1. The van der Waals surface area contributed by atoms with Gasteiger partial charge in [-0.25, -0.2) is 0 Å². The standard InChI is InChI=1S/C30H39N3O6S/c1-2-40-21-30(37)33-15-13-27-26(18-33)31-28(35)19-32(14-4-16-34)29(36)12-9-22-7-10-24(11-8-22)39-25-6-3-5-23(17-25)20-38-27/h3,5-8,10-11,17,26-27,34H,2,4,9,12-16,18-21H2,1H3,(H,31,35)/t26-,27-/m0/s1. The lowest BCUT2D eigenvalue weighted by molar-refractivity contribution is -0.138. The summed E-state index contributed by atoms with van der Waals surface area (Å²) in [6, 6.07) is 14.9. The maximum absolute atomic E-state index is 13.2. The number of thioether (sulfide) groups is 1. The van der Waals surface area contributed by atoms with Gasteiger partial charge in [0, 0.05) is 32.7 Å². The van der Waals surface area contributed by atoms with Crippen molar-refractivity contribution in [3.8, 4) is 11.5 Å². The summed E-state index contributed by atoms with van der Waals surface area (Å²) in [6.07, 6.45) is 1.44. The monoisotopic (exact) mass is 569 g/mol. The first-order chi connectivity index (χ1) is 19.4. The second-order valence-corrected chi connectivity index (χ2v) is 11.3. The van der Waals surface area contributed by atoms with Gasteiger partial charge in [0.25, 0.3) is 0 Å². The highest BCUT2D eigenvalue weighted by atomic mass is 32.2. The van der Waals surface area contributed by atoms with Crippen LogP contribution in [0.5, 0.6) is 11.5 Å². The van der Waals surface area contributed by atoms with E-state index in [0.29, 0.717) is 56.2 Å². The molecule has 3 aliphatic rings. The normalized spacial score (nSPS) is 20.6. The summed E-state index contributed by atoms with van der Waals surface area (Å²) < 4.78 is 12.4. The first-order valence-corrected chi connectivity index (χ1v) is 15.1. The molecule has 0 aliphatic carbocycles. The zero-order valence-corrected chi connectivity index (χ0v) is 23.9. The molecule has 2 atom stereocenters. The molecule has 1 saturated heterocycles. The van der Waals surface area contributed by atoms with E-state index in [4.69, 9.17) is 9.47 Å². The Morgan fingerprint density at radius 3 is 2.70 bits per heavy atom. The van der Waals surface area contributed by atoms with E-state index < -0.39 is 6.04 Å². The smallest absolute Gasteiger partial charge is 0.239 e. The largest absolute Gasteiger partial charge is 0.457 e. The van der Waals surface area contributed by atoms with Gasteiger partial charge in [-0.1, -0.05) is 31.2 Å². The predicted molar refractivity (Wildman–Crippen MR) is 154 cm³/mol. The van der Waals surface area contributed by atoms with E-state index >= 15 is 0 Å². The molecular weight excluding hydrogens is 530 g/mol. The fourth-order valence-electron chi connectivity index (χ4n) is 4.93. The van der Waals surface area contributed by atoms with Crippen LogP contribution in [0.15, 0.2) is 48.5 Å². The average molecular weight is 570 g/mol. The number of hydrogen-bond donors (Lipinski definition) is 2. The van der Waals surface area contributed by atoms with Gasteiger partial charge < -0.3 is 29.7 Å². The minimum atomic E-state index is -0.413. The molecule has 2 aromatic rings. The van der Waals surface area contributed by atoms with Crippen LogP contribution in [0.1, 0.15) is 37.3 Å². The summed E-state index contributed by atoms with van der Waals surface area (Å²) in [4.78, 5) is 42.4. The highest BCUT2D eigenvalue weighted by molar-refractivity contribution is 7.99. The van der Waals surface area contributed by atoms with Gasteiger partial charge in [0.1, 0.15) is 11.5 Å². The maximum Gasteiger partial charge on any atom is 0.239 e. The number of aliphatic hydroxyl groups excluding tert-OH is 1. The minimum absolute atomic E-state index is 0.0477. The van der Waals surface area contributed by atoms with Gasteiger partial charge >= 0.3 is 0 Å². The van der Waals surface area contributed by atoms with Crippen molar-refractivity contribution in [2.75, 3.05) is 44.3 Å². The molecule has 2 aromatic carbocycles. The number of hydrogen-bond acceptors (Lipinski definition) is 7. The van der Waals surface area contributed by atoms with Crippen LogP contribution in [0.25, 0.3) is 0 Å². The van der Waals surface area contributed by atoms with Crippen molar-refractivity contribution in [1.29, 1.82) is 0 Å². The summed E-state index contributed by atoms with van der Waals surface area (Å²) in [5.74, 6) is 2.25. The van der Waals surface area contributed by atoms with E-state index in [0.717, 1.165) is 16.9 Å². The Bertz CT molecular complexity index is 1140. The zero-order chi connectivity index (χ0) is 28.3. The Hall–Kier alpha value is -3.08. The summed E-state index contributed by atoms with van der Waals surface area (Å²) in [6.45, 7) is 3.35. The number of rotatable bonds is 6. The average Bonchev–Trinajstić information content (AvgIpc) is 2.96. The molecule has 0 aromatic heterocycles. The number of amides is 3. The molecular formula is C30H39N3O6S. The number of nitrogens with one attached hydrogen (secondary N) is 1. The van der Waals surface area contributed by atoms with E-state index in [1.54, 1.807) is 16.7 Å². The molecule has 1 fully saturated rings. The SMILES string of the molecule is CCSCC(=O)N1CC[C@@H]2OCc3cccc(c3)Oc3ccc(cc3)CCC(=O)N(CCCO)CC(=O)N[C@H]2C1. The first-order valence-electron chi connectivity index (χ1n) is 14.0. The molecule has 3 amide bonds. The minimum Gasteiger partial charge on any atom is -0.457 e. The number of fused-ring (bicyclic) bond motifs is 9. The van der Waals surface area contributed by atoms with Crippen molar-refractivity contribution < 1.29 is 29.0 Å². The van der Waals surface area contributed by atoms with E-state index in [9.17, 15) is 19.5 Å². The number of aliphatic hydroxyl groups is 1. The van der Waals surface area contributed by atoms with Crippen LogP contribution in [0, 0.1) is 0 Å². The lowest BCUT2D eigenvalue weighted by Crippen LogP contribution is -2.58. The van der Waals surface area contributed by atoms with Crippen molar-refractivity contribution in [2.45, 2.75) is 51.4 Å². The molecule has 0 saturated carbocycles. The third-order valence-corrected chi connectivity index (χ3v) is 7.96. The maximum atomic E-state index is 13.2. The van der Waals surface area contributed by atoms with Crippen molar-refractivity contribution in [2.24, 2.45) is 0 Å². The van der Waals surface area contributed by atoms with Crippen molar-refractivity contribution in [1.82, 2.24) is 15.1 Å². The van der Waals surface area contributed by atoms with Crippen LogP contribution in [0.3, 0.4) is 0 Å². The summed E-state index contributed by atoms with van der Waals surface area (Å²) in [5.41, 5.74) is 1.93. The third kappa shape index (κ3) is 8.71. The highest BCUT2D eigenvalue weighted by Gasteiger charge is 2.33. The molecule has 4 bridgehead atoms. The van der Waals surface area contributed by atoms with Crippen molar-refractivity contribution >= 4 is 29.5 Å². The predicted octanol–water partition coefficient (Wildman–Crippen LogP) is 2.99. The van der Waals surface area contributed by atoms with Crippen LogP contribution in [0.2, 0.25) is 0 Å². The second kappa shape index (κ2) is 15.1. The Balaban J connectivity index is 1.56. The van der Waals surface area contributed by atoms with Crippen LogP contribution in [-0.4, -0.2) is 89.1 Å². The van der Waals surface area contributed by atoms with Gasteiger partial charge in [0.15, 0.2) is 0 Å². The number of ether oxygens (including phenoxy) is 2. The number of benzene rings is 2. The molecule has 2 N–H and O–H groups in total. The topological polar surface area (TPSA) is 108 Å². The molecule has 10 heteroatoms. The quantitative estimate of drug-likeness (QED) is 0.551. The summed E-state index contributed by atoms with van der Waals surface area (Å²) >= 11 is 1.57.